The molecule has 0 amide bonds. The van der Waals surface area contributed by atoms with Gasteiger partial charge in [0, 0.05) is 6.04 Å². The first-order valence-electron chi connectivity index (χ1n) is 6.25. The lowest BCUT2D eigenvalue weighted by molar-refractivity contribution is 0.0198. The van der Waals surface area contributed by atoms with Crippen LogP contribution in [0.2, 0.25) is 0 Å². The third-order valence-corrected chi connectivity index (χ3v) is 3.20. The van der Waals surface area contributed by atoms with Crippen molar-refractivity contribution in [2.24, 2.45) is 0 Å². The molecule has 2 unspecified atom stereocenters. The first kappa shape index (κ1) is 11.6. The Morgan fingerprint density at radius 3 is 3.06 bits per heavy atom. The summed E-state index contributed by atoms with van der Waals surface area (Å²) >= 11 is 0. The summed E-state index contributed by atoms with van der Waals surface area (Å²) < 4.78 is 5.90. The van der Waals surface area contributed by atoms with E-state index in [2.05, 4.69) is 43.4 Å². The molecule has 1 heterocycles. The molecule has 1 aliphatic rings. The molecule has 0 aliphatic carbocycles. The second-order valence-electron chi connectivity index (χ2n) is 4.48. The molecule has 2 heteroatoms. The van der Waals surface area contributed by atoms with Crippen LogP contribution in [0.15, 0.2) is 24.3 Å². The van der Waals surface area contributed by atoms with Crippen LogP contribution in [-0.4, -0.2) is 19.2 Å². The van der Waals surface area contributed by atoms with Gasteiger partial charge in [-0.05, 0) is 37.4 Å². The van der Waals surface area contributed by atoms with Crippen molar-refractivity contribution in [2.45, 2.75) is 38.8 Å². The third-order valence-electron chi connectivity index (χ3n) is 3.20. The van der Waals surface area contributed by atoms with E-state index >= 15 is 0 Å². The normalized spacial score (nSPS) is 21.5. The van der Waals surface area contributed by atoms with Gasteiger partial charge < -0.3 is 10.1 Å². The van der Waals surface area contributed by atoms with E-state index in [1.54, 1.807) is 0 Å². The lowest BCUT2D eigenvalue weighted by Gasteiger charge is -2.31. The highest BCUT2D eigenvalue weighted by Gasteiger charge is 2.25. The van der Waals surface area contributed by atoms with Crippen LogP contribution in [0.3, 0.4) is 0 Å². The van der Waals surface area contributed by atoms with E-state index in [0.717, 1.165) is 19.6 Å². The van der Waals surface area contributed by atoms with E-state index in [1.807, 2.05) is 0 Å². The van der Waals surface area contributed by atoms with Gasteiger partial charge in [0.05, 0.1) is 12.7 Å². The number of ether oxygens (including phenoxy) is 1. The number of benzene rings is 1. The molecule has 88 valence electrons. The van der Waals surface area contributed by atoms with Crippen molar-refractivity contribution < 1.29 is 4.74 Å². The minimum absolute atomic E-state index is 0.219. The molecule has 0 saturated carbocycles. The van der Waals surface area contributed by atoms with Gasteiger partial charge in [0.2, 0.25) is 0 Å². The first-order valence-corrected chi connectivity index (χ1v) is 6.25. The zero-order valence-electron chi connectivity index (χ0n) is 10.2. The van der Waals surface area contributed by atoms with Crippen LogP contribution < -0.4 is 5.32 Å². The topological polar surface area (TPSA) is 21.3 Å². The predicted molar refractivity (Wildman–Crippen MR) is 66.6 cm³/mol. The summed E-state index contributed by atoms with van der Waals surface area (Å²) in [5.41, 5.74) is 2.81. The Balaban J connectivity index is 2.12. The van der Waals surface area contributed by atoms with Gasteiger partial charge in [-0.1, -0.05) is 31.2 Å². The van der Waals surface area contributed by atoms with E-state index in [-0.39, 0.29) is 6.10 Å². The smallest absolute Gasteiger partial charge is 0.0977 e. The summed E-state index contributed by atoms with van der Waals surface area (Å²) in [5.74, 6) is 0. The Bertz CT molecular complexity index is 337. The fourth-order valence-corrected chi connectivity index (χ4v) is 2.32. The molecule has 2 atom stereocenters. The molecule has 0 saturated heterocycles. The molecular weight excluding hydrogens is 198 g/mol. The van der Waals surface area contributed by atoms with Gasteiger partial charge in [-0.25, -0.2) is 0 Å². The predicted octanol–water partition coefficient (Wildman–Crippen LogP) is 2.69. The van der Waals surface area contributed by atoms with Crippen LogP contribution in [0.1, 0.15) is 37.5 Å². The quantitative estimate of drug-likeness (QED) is 0.840. The molecule has 1 aliphatic heterocycles. The van der Waals surface area contributed by atoms with Crippen molar-refractivity contribution in [3.05, 3.63) is 35.4 Å². The Labute approximate surface area is 98.0 Å². The van der Waals surface area contributed by atoms with Crippen molar-refractivity contribution >= 4 is 0 Å². The van der Waals surface area contributed by atoms with Gasteiger partial charge in [-0.15, -0.1) is 0 Å². The van der Waals surface area contributed by atoms with E-state index in [0.29, 0.717) is 6.04 Å². The Hall–Kier alpha value is -0.860. The minimum atomic E-state index is 0.219. The second kappa shape index (κ2) is 5.46. The number of rotatable bonds is 4. The molecule has 1 aromatic carbocycles. The summed E-state index contributed by atoms with van der Waals surface area (Å²) in [7, 11) is 0. The number of fused-ring (bicyclic) bond motifs is 1. The molecule has 2 rings (SSSR count). The zero-order valence-corrected chi connectivity index (χ0v) is 10.2. The molecule has 2 nitrogen and oxygen atoms in total. The standard InChI is InChI=1S/C14H21NO/c1-3-9-15-11(2)14-13-7-5-4-6-12(13)8-10-16-14/h4-7,11,14-15H,3,8-10H2,1-2H3. The van der Waals surface area contributed by atoms with Gasteiger partial charge in [0.25, 0.3) is 0 Å². The minimum Gasteiger partial charge on any atom is -0.372 e. The average molecular weight is 219 g/mol. The van der Waals surface area contributed by atoms with Gasteiger partial charge >= 0.3 is 0 Å². The monoisotopic (exact) mass is 219 g/mol. The SMILES string of the molecule is CCCNC(C)C1OCCc2ccccc21. The zero-order chi connectivity index (χ0) is 11.4. The van der Waals surface area contributed by atoms with Crippen molar-refractivity contribution in [2.75, 3.05) is 13.2 Å². The summed E-state index contributed by atoms with van der Waals surface area (Å²) in [6.45, 7) is 6.31. The van der Waals surface area contributed by atoms with E-state index in [9.17, 15) is 0 Å². The highest BCUT2D eigenvalue weighted by molar-refractivity contribution is 5.31. The van der Waals surface area contributed by atoms with E-state index < -0.39 is 0 Å². The lowest BCUT2D eigenvalue weighted by atomic mass is 9.94. The van der Waals surface area contributed by atoms with Crippen LogP contribution in [-0.2, 0) is 11.2 Å². The molecule has 1 N–H and O–H groups in total. The molecule has 16 heavy (non-hydrogen) atoms. The number of nitrogens with one attached hydrogen (secondary N) is 1. The summed E-state index contributed by atoms with van der Waals surface area (Å²) in [6, 6.07) is 9.03. The molecule has 0 radical (unpaired) electrons. The van der Waals surface area contributed by atoms with Crippen LogP contribution in [0.25, 0.3) is 0 Å². The second-order valence-corrected chi connectivity index (χ2v) is 4.48. The van der Waals surface area contributed by atoms with Crippen molar-refractivity contribution in [3.8, 4) is 0 Å². The van der Waals surface area contributed by atoms with E-state index in [4.69, 9.17) is 4.74 Å². The highest BCUT2D eigenvalue weighted by Crippen LogP contribution is 2.29. The van der Waals surface area contributed by atoms with Crippen molar-refractivity contribution in [1.29, 1.82) is 0 Å². The molecule has 0 fully saturated rings. The first-order chi connectivity index (χ1) is 7.83. The van der Waals surface area contributed by atoms with Crippen LogP contribution in [0.5, 0.6) is 0 Å². The van der Waals surface area contributed by atoms with Crippen LogP contribution >= 0.6 is 0 Å². The number of hydrogen-bond donors (Lipinski definition) is 1. The Morgan fingerprint density at radius 2 is 2.25 bits per heavy atom. The summed E-state index contributed by atoms with van der Waals surface area (Å²) in [5, 5.41) is 3.52. The van der Waals surface area contributed by atoms with Crippen LogP contribution in [0, 0.1) is 0 Å². The van der Waals surface area contributed by atoms with Gasteiger partial charge in [0.1, 0.15) is 0 Å². The van der Waals surface area contributed by atoms with Gasteiger partial charge in [0.15, 0.2) is 0 Å². The Morgan fingerprint density at radius 1 is 1.44 bits per heavy atom. The fraction of sp³-hybridized carbons (Fsp3) is 0.571. The lowest BCUT2D eigenvalue weighted by Crippen LogP contribution is -2.36. The Kier molecular flexibility index (Phi) is 3.97. The average Bonchev–Trinajstić information content (AvgIpc) is 2.35. The van der Waals surface area contributed by atoms with Crippen molar-refractivity contribution in [3.63, 3.8) is 0 Å². The maximum atomic E-state index is 5.90. The molecule has 0 bridgehead atoms. The third kappa shape index (κ3) is 2.45. The molecule has 1 aromatic rings. The molecule has 0 aromatic heterocycles. The maximum Gasteiger partial charge on any atom is 0.0977 e. The maximum absolute atomic E-state index is 5.90. The summed E-state index contributed by atoms with van der Waals surface area (Å²) in [6.07, 6.45) is 2.43. The van der Waals surface area contributed by atoms with Gasteiger partial charge in [-0.2, -0.15) is 0 Å². The van der Waals surface area contributed by atoms with Crippen molar-refractivity contribution in [1.82, 2.24) is 5.32 Å². The number of hydrogen-bond acceptors (Lipinski definition) is 2. The van der Waals surface area contributed by atoms with E-state index in [1.165, 1.54) is 17.5 Å². The van der Waals surface area contributed by atoms with Crippen LogP contribution in [0.4, 0.5) is 0 Å². The molecular formula is C14H21NO. The van der Waals surface area contributed by atoms with Gasteiger partial charge in [-0.3, -0.25) is 0 Å². The summed E-state index contributed by atoms with van der Waals surface area (Å²) in [4.78, 5) is 0. The fourth-order valence-electron chi connectivity index (χ4n) is 2.32. The molecule has 0 spiro atoms. The largest absolute Gasteiger partial charge is 0.372 e. The highest BCUT2D eigenvalue weighted by atomic mass is 16.5.